The van der Waals surface area contributed by atoms with E-state index in [9.17, 15) is 9.59 Å². The highest BCUT2D eigenvalue weighted by atomic mass is 16.1. The molecule has 32 heavy (non-hydrogen) atoms. The molecule has 0 saturated heterocycles. The fourth-order valence-electron chi connectivity index (χ4n) is 5.21. The van der Waals surface area contributed by atoms with E-state index in [4.69, 9.17) is 0 Å². The van der Waals surface area contributed by atoms with Gasteiger partial charge < -0.3 is 0 Å². The number of rotatable bonds is 3. The van der Waals surface area contributed by atoms with Crippen LogP contribution in [0.5, 0.6) is 0 Å². The fraction of sp³-hybridized carbons (Fsp3) is 0.0667. The number of hydrogen-bond donors (Lipinski definition) is 0. The number of Topliss-reactive ketones (excluding diaryl/α,β-unsaturated/α-hetero) is 1. The molecule has 0 radical (unpaired) electrons. The van der Waals surface area contributed by atoms with Crippen molar-refractivity contribution in [3.8, 4) is 0 Å². The second kappa shape index (κ2) is 7.28. The van der Waals surface area contributed by atoms with Crippen LogP contribution in [-0.4, -0.2) is 11.6 Å². The molecule has 0 aliphatic heterocycles. The van der Waals surface area contributed by atoms with E-state index in [-0.39, 0.29) is 17.5 Å². The largest absolute Gasteiger partial charge is 0.289 e. The van der Waals surface area contributed by atoms with Crippen LogP contribution >= 0.6 is 0 Å². The fourth-order valence-corrected chi connectivity index (χ4v) is 5.21. The standard InChI is InChI=1S/C30H20O2/c31-26-18-25(24-17-22-15-7-13-19-14-8-16-23(24)27(19)22)30(32)29(21-11-5-2-6-12-21)28(26)20-9-3-1-4-10-20/h1-16,18,24H,17H2. The Morgan fingerprint density at radius 1 is 0.625 bits per heavy atom. The van der Waals surface area contributed by atoms with Crippen molar-refractivity contribution in [2.24, 2.45) is 0 Å². The summed E-state index contributed by atoms with van der Waals surface area (Å²) < 4.78 is 0. The number of allylic oxidation sites excluding steroid dienone is 4. The average Bonchev–Trinajstić information content (AvgIpc) is 3.21. The van der Waals surface area contributed by atoms with Crippen LogP contribution in [0.1, 0.15) is 28.2 Å². The Hall–Kier alpha value is -4.04. The van der Waals surface area contributed by atoms with Gasteiger partial charge in [-0.15, -0.1) is 0 Å². The van der Waals surface area contributed by atoms with E-state index in [1.54, 1.807) is 6.08 Å². The highest BCUT2D eigenvalue weighted by Gasteiger charge is 2.37. The van der Waals surface area contributed by atoms with Crippen molar-refractivity contribution < 1.29 is 9.59 Å². The lowest BCUT2D eigenvalue weighted by Crippen LogP contribution is -2.22. The zero-order chi connectivity index (χ0) is 21.7. The lowest BCUT2D eigenvalue weighted by atomic mass is 9.77. The molecule has 2 aliphatic carbocycles. The zero-order valence-electron chi connectivity index (χ0n) is 17.4. The predicted octanol–water partition coefficient (Wildman–Crippen LogP) is 6.17. The van der Waals surface area contributed by atoms with Crippen molar-refractivity contribution in [1.82, 2.24) is 0 Å². The molecule has 2 nitrogen and oxygen atoms in total. The van der Waals surface area contributed by atoms with Gasteiger partial charge in [0, 0.05) is 22.6 Å². The van der Waals surface area contributed by atoms with Crippen LogP contribution in [0.25, 0.3) is 21.9 Å². The molecule has 0 N–H and O–H groups in total. The molecule has 0 fully saturated rings. The first-order valence-corrected chi connectivity index (χ1v) is 10.9. The maximum atomic E-state index is 14.0. The van der Waals surface area contributed by atoms with E-state index < -0.39 is 0 Å². The van der Waals surface area contributed by atoms with Gasteiger partial charge >= 0.3 is 0 Å². The van der Waals surface area contributed by atoms with E-state index in [0.29, 0.717) is 16.7 Å². The first kappa shape index (κ1) is 18.7. The van der Waals surface area contributed by atoms with E-state index in [2.05, 4.69) is 30.3 Å². The molecule has 4 aromatic carbocycles. The van der Waals surface area contributed by atoms with Crippen LogP contribution in [0.3, 0.4) is 0 Å². The smallest absolute Gasteiger partial charge is 0.191 e. The topological polar surface area (TPSA) is 34.1 Å². The monoisotopic (exact) mass is 412 g/mol. The lowest BCUT2D eigenvalue weighted by Gasteiger charge is -2.24. The van der Waals surface area contributed by atoms with Gasteiger partial charge in [-0.25, -0.2) is 0 Å². The van der Waals surface area contributed by atoms with Gasteiger partial charge in [0.1, 0.15) is 0 Å². The number of benzene rings is 4. The Labute approximate surface area is 186 Å². The summed E-state index contributed by atoms with van der Waals surface area (Å²) in [7, 11) is 0. The van der Waals surface area contributed by atoms with Gasteiger partial charge in [0.25, 0.3) is 0 Å². The molecule has 0 bridgehead atoms. The Kier molecular flexibility index (Phi) is 4.26. The molecule has 2 aliphatic rings. The van der Waals surface area contributed by atoms with Gasteiger partial charge in [-0.2, -0.15) is 0 Å². The predicted molar refractivity (Wildman–Crippen MR) is 128 cm³/mol. The highest BCUT2D eigenvalue weighted by molar-refractivity contribution is 6.49. The summed E-state index contributed by atoms with van der Waals surface area (Å²) in [5, 5.41) is 2.40. The zero-order valence-corrected chi connectivity index (χ0v) is 17.4. The van der Waals surface area contributed by atoms with Gasteiger partial charge in [0.2, 0.25) is 0 Å². The van der Waals surface area contributed by atoms with E-state index >= 15 is 0 Å². The van der Waals surface area contributed by atoms with Crippen LogP contribution < -0.4 is 0 Å². The third-order valence-electron chi connectivity index (χ3n) is 6.60. The van der Waals surface area contributed by atoms with Crippen molar-refractivity contribution in [2.75, 3.05) is 0 Å². The molecule has 0 spiro atoms. The summed E-state index contributed by atoms with van der Waals surface area (Å²) >= 11 is 0. The molecule has 0 saturated carbocycles. The van der Waals surface area contributed by atoms with Gasteiger partial charge in [0.15, 0.2) is 11.6 Å². The van der Waals surface area contributed by atoms with Gasteiger partial charge in [-0.3, -0.25) is 9.59 Å². The summed E-state index contributed by atoms with van der Waals surface area (Å²) in [4.78, 5) is 27.6. The Morgan fingerprint density at radius 2 is 1.25 bits per heavy atom. The van der Waals surface area contributed by atoms with Crippen LogP contribution in [0.15, 0.2) is 109 Å². The van der Waals surface area contributed by atoms with Crippen molar-refractivity contribution in [3.05, 3.63) is 131 Å². The lowest BCUT2D eigenvalue weighted by molar-refractivity contribution is -0.113. The van der Waals surface area contributed by atoms with Crippen LogP contribution in [0, 0.1) is 0 Å². The van der Waals surface area contributed by atoms with Gasteiger partial charge in [-0.1, -0.05) is 97.1 Å². The third kappa shape index (κ3) is 2.80. The third-order valence-corrected chi connectivity index (χ3v) is 6.60. The average molecular weight is 412 g/mol. The number of hydrogen-bond acceptors (Lipinski definition) is 2. The van der Waals surface area contributed by atoms with Gasteiger partial charge in [-0.05, 0) is 45.5 Å². The molecule has 0 aromatic heterocycles. The maximum absolute atomic E-state index is 14.0. The van der Waals surface area contributed by atoms with Gasteiger partial charge in [0.05, 0.1) is 0 Å². The molecule has 6 rings (SSSR count). The van der Waals surface area contributed by atoms with Crippen LogP contribution in [0.2, 0.25) is 0 Å². The van der Waals surface area contributed by atoms with E-state index in [1.165, 1.54) is 16.3 Å². The van der Waals surface area contributed by atoms with Crippen LogP contribution in [0.4, 0.5) is 0 Å². The quantitative estimate of drug-likeness (QED) is 0.377. The van der Waals surface area contributed by atoms with Crippen molar-refractivity contribution in [2.45, 2.75) is 12.3 Å². The summed E-state index contributed by atoms with van der Waals surface area (Å²) in [6.07, 6.45) is 2.33. The van der Waals surface area contributed by atoms with Crippen molar-refractivity contribution in [3.63, 3.8) is 0 Å². The second-order valence-corrected chi connectivity index (χ2v) is 8.39. The van der Waals surface area contributed by atoms with E-state index in [1.807, 2.05) is 66.7 Å². The summed E-state index contributed by atoms with van der Waals surface area (Å²) in [6.45, 7) is 0. The molecule has 152 valence electrons. The first-order valence-electron chi connectivity index (χ1n) is 10.9. The molecular weight excluding hydrogens is 392 g/mol. The number of carbonyl (C=O) groups is 2. The minimum Gasteiger partial charge on any atom is -0.289 e. The second-order valence-electron chi connectivity index (χ2n) is 8.39. The molecular formula is C30H20O2. The normalized spacial score (nSPS) is 17.8. The Bertz CT molecular complexity index is 1450. The molecule has 1 atom stereocenters. The van der Waals surface area contributed by atoms with E-state index in [0.717, 1.165) is 23.1 Å². The van der Waals surface area contributed by atoms with Crippen molar-refractivity contribution >= 4 is 33.5 Å². The summed E-state index contributed by atoms with van der Waals surface area (Å²) in [6, 6.07) is 31.6. The Morgan fingerprint density at radius 3 is 1.94 bits per heavy atom. The molecule has 2 heteroatoms. The minimum atomic E-state index is -0.108. The minimum absolute atomic E-state index is 0.0514. The van der Waals surface area contributed by atoms with Crippen molar-refractivity contribution in [1.29, 1.82) is 0 Å². The SMILES string of the molecule is O=C1C=C(C2Cc3cccc4cccc2c34)C(=O)C(c2ccccc2)=C1c1ccccc1. The molecule has 0 amide bonds. The maximum Gasteiger partial charge on any atom is 0.191 e. The number of carbonyl (C=O) groups excluding carboxylic acids is 2. The first-order chi connectivity index (χ1) is 15.7. The summed E-state index contributed by atoms with van der Waals surface area (Å²) in [5.74, 6) is -0.263. The molecule has 1 unspecified atom stereocenters. The number of ketones is 2. The molecule has 4 aromatic rings. The highest BCUT2D eigenvalue weighted by Crippen LogP contribution is 2.45. The Balaban J connectivity index is 1.53. The summed E-state index contributed by atoms with van der Waals surface area (Å²) in [5.41, 5.74) is 5.52. The molecule has 0 heterocycles. The van der Waals surface area contributed by atoms with Crippen LogP contribution in [-0.2, 0) is 16.0 Å².